The standard InChI is InChI=1S/C11H7ClFN3O/c12-10-6-5-9(15-16-10)11(17)14-8-4-2-1-3-7(8)13/h1-6H,(H,14,17). The van der Waals surface area contributed by atoms with Gasteiger partial charge in [0.05, 0.1) is 5.69 Å². The first-order valence-electron chi connectivity index (χ1n) is 4.72. The van der Waals surface area contributed by atoms with Crippen molar-refractivity contribution in [3.8, 4) is 0 Å². The lowest BCUT2D eigenvalue weighted by Crippen LogP contribution is -2.15. The number of amides is 1. The van der Waals surface area contributed by atoms with E-state index in [0.29, 0.717) is 0 Å². The van der Waals surface area contributed by atoms with Crippen LogP contribution in [0.1, 0.15) is 10.5 Å². The van der Waals surface area contributed by atoms with E-state index in [-0.39, 0.29) is 16.5 Å². The first-order valence-corrected chi connectivity index (χ1v) is 5.10. The van der Waals surface area contributed by atoms with Crippen LogP contribution in [-0.2, 0) is 0 Å². The fourth-order valence-corrected chi connectivity index (χ4v) is 1.29. The van der Waals surface area contributed by atoms with Crippen LogP contribution in [0.15, 0.2) is 36.4 Å². The number of benzene rings is 1. The second kappa shape index (κ2) is 4.88. The molecular formula is C11H7ClFN3O. The number of para-hydroxylation sites is 1. The van der Waals surface area contributed by atoms with Gasteiger partial charge in [0.15, 0.2) is 10.8 Å². The number of nitrogens with one attached hydrogen (secondary N) is 1. The third-order valence-electron chi connectivity index (χ3n) is 1.99. The van der Waals surface area contributed by atoms with Crippen molar-refractivity contribution >= 4 is 23.2 Å². The Hall–Kier alpha value is -2.01. The van der Waals surface area contributed by atoms with Crippen LogP contribution in [-0.4, -0.2) is 16.1 Å². The minimum absolute atomic E-state index is 0.0673. The molecule has 1 amide bonds. The van der Waals surface area contributed by atoms with E-state index in [1.807, 2.05) is 0 Å². The number of hydrogen-bond donors (Lipinski definition) is 1. The predicted octanol–water partition coefficient (Wildman–Crippen LogP) is 2.52. The largest absolute Gasteiger partial charge is 0.318 e. The van der Waals surface area contributed by atoms with Crippen molar-refractivity contribution in [2.45, 2.75) is 0 Å². The second-order valence-electron chi connectivity index (χ2n) is 3.18. The Morgan fingerprint density at radius 1 is 1.18 bits per heavy atom. The molecule has 1 aromatic carbocycles. The molecule has 0 spiro atoms. The fraction of sp³-hybridized carbons (Fsp3) is 0. The Bertz CT molecular complexity index is 545. The highest BCUT2D eigenvalue weighted by Crippen LogP contribution is 2.13. The SMILES string of the molecule is O=C(Nc1ccccc1F)c1ccc(Cl)nn1. The summed E-state index contributed by atoms with van der Waals surface area (Å²) in [5, 5.41) is 9.69. The fourth-order valence-electron chi connectivity index (χ4n) is 1.19. The van der Waals surface area contributed by atoms with Crippen molar-refractivity contribution in [2.24, 2.45) is 0 Å². The highest BCUT2D eigenvalue weighted by Gasteiger charge is 2.10. The van der Waals surface area contributed by atoms with Gasteiger partial charge < -0.3 is 5.32 Å². The van der Waals surface area contributed by atoms with E-state index in [2.05, 4.69) is 15.5 Å². The van der Waals surface area contributed by atoms with Crippen LogP contribution < -0.4 is 5.32 Å². The number of nitrogens with zero attached hydrogens (tertiary/aromatic N) is 2. The van der Waals surface area contributed by atoms with Crippen LogP contribution in [0.4, 0.5) is 10.1 Å². The summed E-state index contributed by atoms with van der Waals surface area (Å²) in [5.41, 5.74) is 0.159. The second-order valence-corrected chi connectivity index (χ2v) is 3.56. The molecule has 0 radical (unpaired) electrons. The molecular weight excluding hydrogens is 245 g/mol. The van der Waals surface area contributed by atoms with E-state index in [1.54, 1.807) is 6.07 Å². The Morgan fingerprint density at radius 2 is 1.94 bits per heavy atom. The molecule has 0 saturated heterocycles. The van der Waals surface area contributed by atoms with E-state index in [4.69, 9.17) is 11.6 Å². The van der Waals surface area contributed by atoms with Gasteiger partial charge in [-0.1, -0.05) is 23.7 Å². The lowest BCUT2D eigenvalue weighted by atomic mass is 10.3. The molecule has 1 N–H and O–H groups in total. The molecule has 17 heavy (non-hydrogen) atoms. The van der Waals surface area contributed by atoms with Gasteiger partial charge in [-0.15, -0.1) is 10.2 Å². The van der Waals surface area contributed by atoms with Gasteiger partial charge in [-0.25, -0.2) is 4.39 Å². The summed E-state index contributed by atoms with van der Waals surface area (Å²) in [6.45, 7) is 0. The first kappa shape index (κ1) is 11.5. The lowest BCUT2D eigenvalue weighted by molar-refractivity contribution is 0.102. The van der Waals surface area contributed by atoms with Crippen molar-refractivity contribution in [2.75, 3.05) is 5.32 Å². The zero-order chi connectivity index (χ0) is 12.3. The van der Waals surface area contributed by atoms with Crippen molar-refractivity contribution in [3.05, 3.63) is 53.1 Å². The van der Waals surface area contributed by atoms with Gasteiger partial charge in [0.25, 0.3) is 5.91 Å². The maximum atomic E-state index is 13.3. The molecule has 0 unspecified atom stereocenters. The molecule has 6 heteroatoms. The number of rotatable bonds is 2. The summed E-state index contributed by atoms with van der Waals surface area (Å²) >= 11 is 5.54. The van der Waals surface area contributed by atoms with Gasteiger partial charge in [-0.05, 0) is 24.3 Å². The summed E-state index contributed by atoms with van der Waals surface area (Å²) in [5.74, 6) is -1.05. The predicted molar refractivity (Wildman–Crippen MR) is 61.4 cm³/mol. The Kier molecular flexibility index (Phi) is 3.30. The quantitative estimate of drug-likeness (QED) is 0.892. The minimum atomic E-state index is -0.542. The number of carbonyl (C=O) groups is 1. The molecule has 1 heterocycles. The molecule has 0 atom stereocenters. The third kappa shape index (κ3) is 2.76. The molecule has 2 aromatic rings. The van der Waals surface area contributed by atoms with E-state index in [0.717, 1.165) is 0 Å². The maximum absolute atomic E-state index is 13.3. The molecule has 0 fully saturated rings. The average molecular weight is 252 g/mol. The number of aromatic nitrogens is 2. The molecule has 1 aromatic heterocycles. The molecule has 0 aliphatic rings. The summed E-state index contributed by atoms with van der Waals surface area (Å²) in [7, 11) is 0. The Morgan fingerprint density at radius 3 is 2.59 bits per heavy atom. The minimum Gasteiger partial charge on any atom is -0.318 e. The van der Waals surface area contributed by atoms with Crippen LogP contribution >= 0.6 is 11.6 Å². The van der Waals surface area contributed by atoms with Crippen LogP contribution in [0.25, 0.3) is 0 Å². The van der Waals surface area contributed by atoms with Crippen molar-refractivity contribution in [1.29, 1.82) is 0 Å². The van der Waals surface area contributed by atoms with Gasteiger partial charge in [-0.3, -0.25) is 4.79 Å². The van der Waals surface area contributed by atoms with Crippen molar-refractivity contribution in [1.82, 2.24) is 10.2 Å². The van der Waals surface area contributed by atoms with Crippen molar-refractivity contribution in [3.63, 3.8) is 0 Å². The summed E-state index contributed by atoms with van der Waals surface area (Å²) in [6.07, 6.45) is 0. The summed E-state index contributed by atoms with van der Waals surface area (Å²) in [4.78, 5) is 11.7. The first-order chi connectivity index (χ1) is 8.16. The summed E-state index contributed by atoms with van der Waals surface area (Å²) < 4.78 is 13.3. The summed E-state index contributed by atoms with van der Waals surface area (Å²) in [6, 6.07) is 8.70. The molecule has 0 bridgehead atoms. The maximum Gasteiger partial charge on any atom is 0.276 e. The number of halogens is 2. The smallest absolute Gasteiger partial charge is 0.276 e. The lowest BCUT2D eigenvalue weighted by Gasteiger charge is -2.04. The van der Waals surface area contributed by atoms with E-state index >= 15 is 0 Å². The monoisotopic (exact) mass is 251 g/mol. The van der Waals surface area contributed by atoms with E-state index < -0.39 is 11.7 Å². The van der Waals surface area contributed by atoms with Crippen LogP contribution in [0.3, 0.4) is 0 Å². The highest BCUT2D eigenvalue weighted by atomic mass is 35.5. The zero-order valence-corrected chi connectivity index (χ0v) is 9.28. The molecule has 4 nitrogen and oxygen atoms in total. The molecule has 0 saturated carbocycles. The molecule has 0 aliphatic carbocycles. The van der Waals surface area contributed by atoms with Crippen LogP contribution in [0, 0.1) is 5.82 Å². The number of anilines is 1. The third-order valence-corrected chi connectivity index (χ3v) is 2.19. The Balaban J connectivity index is 2.17. The van der Waals surface area contributed by atoms with E-state index in [1.165, 1.54) is 30.3 Å². The topological polar surface area (TPSA) is 54.9 Å². The van der Waals surface area contributed by atoms with E-state index in [9.17, 15) is 9.18 Å². The molecule has 0 aliphatic heterocycles. The number of carbonyl (C=O) groups excluding carboxylic acids is 1. The molecule has 86 valence electrons. The normalized spacial score (nSPS) is 10.0. The van der Waals surface area contributed by atoms with Crippen LogP contribution in [0.5, 0.6) is 0 Å². The van der Waals surface area contributed by atoms with Crippen molar-refractivity contribution < 1.29 is 9.18 Å². The van der Waals surface area contributed by atoms with Gasteiger partial charge in [0, 0.05) is 0 Å². The van der Waals surface area contributed by atoms with Gasteiger partial charge in [0.1, 0.15) is 5.82 Å². The average Bonchev–Trinajstić information content (AvgIpc) is 2.33. The van der Waals surface area contributed by atoms with Gasteiger partial charge in [-0.2, -0.15) is 0 Å². The van der Waals surface area contributed by atoms with Gasteiger partial charge in [0.2, 0.25) is 0 Å². The molecule has 2 rings (SSSR count). The van der Waals surface area contributed by atoms with Gasteiger partial charge >= 0.3 is 0 Å². The number of hydrogen-bond acceptors (Lipinski definition) is 3. The highest BCUT2D eigenvalue weighted by molar-refractivity contribution is 6.29. The zero-order valence-electron chi connectivity index (χ0n) is 8.52. The van der Waals surface area contributed by atoms with Crippen LogP contribution in [0.2, 0.25) is 5.15 Å². The Labute approximate surface area is 101 Å².